The molecule has 82 valence electrons. The van der Waals surface area contributed by atoms with Crippen molar-refractivity contribution in [1.29, 1.82) is 0 Å². The Bertz CT molecular complexity index is 497. The van der Waals surface area contributed by atoms with E-state index < -0.39 is 5.97 Å². The Kier molecular flexibility index (Phi) is 2.10. The standard InChI is InChI=1S/C14H14O2/c15-14(16)12-7-3-5-10-8-9-4-1-2-6-11(9)13(10)12/h3,5,7H,1-2,4,6,8H2,(H,15,16). The van der Waals surface area contributed by atoms with Crippen molar-refractivity contribution in [3.05, 3.63) is 40.5 Å². The lowest BCUT2D eigenvalue weighted by Gasteiger charge is -2.15. The number of carbonyl (C=O) groups is 1. The first kappa shape index (κ1) is 9.64. The summed E-state index contributed by atoms with van der Waals surface area (Å²) in [6, 6.07) is 5.66. The fourth-order valence-electron chi connectivity index (χ4n) is 2.98. The van der Waals surface area contributed by atoms with Gasteiger partial charge in [-0.3, -0.25) is 0 Å². The number of rotatable bonds is 1. The molecule has 0 amide bonds. The van der Waals surface area contributed by atoms with Crippen LogP contribution in [0.1, 0.15) is 47.2 Å². The summed E-state index contributed by atoms with van der Waals surface area (Å²) >= 11 is 0. The lowest BCUT2D eigenvalue weighted by atomic mass is 9.90. The van der Waals surface area contributed by atoms with E-state index in [1.54, 1.807) is 6.07 Å². The minimum Gasteiger partial charge on any atom is -0.478 e. The quantitative estimate of drug-likeness (QED) is 0.779. The van der Waals surface area contributed by atoms with Crippen LogP contribution < -0.4 is 0 Å². The number of aromatic carboxylic acids is 1. The van der Waals surface area contributed by atoms with Crippen molar-refractivity contribution in [3.63, 3.8) is 0 Å². The summed E-state index contributed by atoms with van der Waals surface area (Å²) < 4.78 is 0. The summed E-state index contributed by atoms with van der Waals surface area (Å²) in [5, 5.41) is 9.22. The molecule has 0 aromatic heterocycles. The molecule has 0 heterocycles. The van der Waals surface area contributed by atoms with Crippen LogP contribution in [0, 0.1) is 0 Å². The molecule has 0 spiro atoms. The fourth-order valence-corrected chi connectivity index (χ4v) is 2.98. The summed E-state index contributed by atoms with van der Waals surface area (Å²) in [4.78, 5) is 11.2. The van der Waals surface area contributed by atoms with Gasteiger partial charge in [0.25, 0.3) is 0 Å². The van der Waals surface area contributed by atoms with Gasteiger partial charge in [-0.2, -0.15) is 0 Å². The van der Waals surface area contributed by atoms with E-state index in [1.165, 1.54) is 29.6 Å². The zero-order valence-electron chi connectivity index (χ0n) is 9.12. The molecule has 0 unspecified atom stereocenters. The van der Waals surface area contributed by atoms with E-state index in [9.17, 15) is 9.90 Å². The topological polar surface area (TPSA) is 37.3 Å². The van der Waals surface area contributed by atoms with Gasteiger partial charge in [0.2, 0.25) is 0 Å². The van der Waals surface area contributed by atoms with Crippen LogP contribution in [0.2, 0.25) is 0 Å². The summed E-state index contributed by atoms with van der Waals surface area (Å²) in [5.41, 5.74) is 5.55. The van der Waals surface area contributed by atoms with Crippen molar-refractivity contribution in [2.45, 2.75) is 32.1 Å². The Hall–Kier alpha value is -1.57. The highest BCUT2D eigenvalue weighted by Crippen LogP contribution is 2.42. The highest BCUT2D eigenvalue weighted by molar-refractivity contribution is 5.96. The molecule has 2 nitrogen and oxygen atoms in total. The van der Waals surface area contributed by atoms with Crippen molar-refractivity contribution in [3.8, 4) is 0 Å². The highest BCUT2D eigenvalue weighted by Gasteiger charge is 2.27. The number of hydrogen-bond donors (Lipinski definition) is 1. The van der Waals surface area contributed by atoms with E-state index in [2.05, 4.69) is 6.07 Å². The second-order valence-electron chi connectivity index (χ2n) is 4.61. The van der Waals surface area contributed by atoms with Crippen LogP contribution in [-0.2, 0) is 6.42 Å². The first-order valence-corrected chi connectivity index (χ1v) is 5.84. The van der Waals surface area contributed by atoms with Crippen LogP contribution in [0.15, 0.2) is 23.8 Å². The monoisotopic (exact) mass is 214 g/mol. The molecule has 1 N–H and O–H groups in total. The van der Waals surface area contributed by atoms with E-state index >= 15 is 0 Å². The van der Waals surface area contributed by atoms with Crippen molar-refractivity contribution >= 4 is 11.5 Å². The van der Waals surface area contributed by atoms with Crippen molar-refractivity contribution in [1.82, 2.24) is 0 Å². The summed E-state index contributed by atoms with van der Waals surface area (Å²) in [7, 11) is 0. The zero-order valence-corrected chi connectivity index (χ0v) is 9.12. The van der Waals surface area contributed by atoms with Gasteiger partial charge in [-0.15, -0.1) is 0 Å². The molecule has 0 bridgehead atoms. The molecule has 2 aliphatic rings. The first-order chi connectivity index (χ1) is 7.77. The fraction of sp³-hybridized carbons (Fsp3) is 0.357. The molecular formula is C14H14O2. The van der Waals surface area contributed by atoms with E-state index in [4.69, 9.17) is 0 Å². The Balaban J connectivity index is 2.19. The van der Waals surface area contributed by atoms with Gasteiger partial charge in [-0.05, 0) is 54.9 Å². The van der Waals surface area contributed by atoms with Gasteiger partial charge in [0.15, 0.2) is 0 Å². The van der Waals surface area contributed by atoms with Crippen LogP contribution in [0.5, 0.6) is 0 Å². The number of fused-ring (bicyclic) bond motifs is 2. The maximum absolute atomic E-state index is 11.2. The van der Waals surface area contributed by atoms with Gasteiger partial charge in [-0.1, -0.05) is 17.7 Å². The minimum atomic E-state index is -0.795. The lowest BCUT2D eigenvalue weighted by molar-refractivity contribution is 0.0696. The largest absolute Gasteiger partial charge is 0.478 e. The predicted octanol–water partition coefficient (Wildman–Crippen LogP) is 3.27. The van der Waals surface area contributed by atoms with Gasteiger partial charge in [0.05, 0.1) is 5.56 Å². The van der Waals surface area contributed by atoms with Gasteiger partial charge >= 0.3 is 5.97 Å². The molecule has 2 heteroatoms. The van der Waals surface area contributed by atoms with E-state index in [0.29, 0.717) is 5.56 Å². The van der Waals surface area contributed by atoms with Gasteiger partial charge in [0.1, 0.15) is 0 Å². The maximum atomic E-state index is 11.2. The summed E-state index contributed by atoms with van der Waals surface area (Å²) in [5.74, 6) is -0.795. The average molecular weight is 214 g/mol. The maximum Gasteiger partial charge on any atom is 0.336 e. The molecule has 0 radical (unpaired) electrons. The third-order valence-electron chi connectivity index (χ3n) is 3.67. The number of carboxylic acid groups (broad SMARTS) is 1. The van der Waals surface area contributed by atoms with E-state index in [1.807, 2.05) is 6.07 Å². The van der Waals surface area contributed by atoms with Gasteiger partial charge < -0.3 is 5.11 Å². The summed E-state index contributed by atoms with van der Waals surface area (Å²) in [6.45, 7) is 0. The lowest BCUT2D eigenvalue weighted by Crippen LogP contribution is -2.03. The second kappa shape index (κ2) is 3.48. The number of allylic oxidation sites excluding steroid dienone is 2. The number of benzene rings is 1. The highest BCUT2D eigenvalue weighted by atomic mass is 16.4. The molecule has 2 aliphatic carbocycles. The Morgan fingerprint density at radius 1 is 1.19 bits per heavy atom. The molecule has 1 aromatic carbocycles. The van der Waals surface area contributed by atoms with Crippen LogP contribution >= 0.6 is 0 Å². The minimum absolute atomic E-state index is 0.490. The normalized spacial score (nSPS) is 18.2. The molecule has 0 fully saturated rings. The Morgan fingerprint density at radius 2 is 2.00 bits per heavy atom. The average Bonchev–Trinajstić information content (AvgIpc) is 2.66. The third-order valence-corrected chi connectivity index (χ3v) is 3.67. The van der Waals surface area contributed by atoms with Crippen LogP contribution in [0.25, 0.3) is 5.57 Å². The summed E-state index contributed by atoms with van der Waals surface area (Å²) in [6.07, 6.45) is 5.66. The molecule has 0 atom stereocenters. The zero-order chi connectivity index (χ0) is 11.1. The Labute approximate surface area is 94.6 Å². The smallest absolute Gasteiger partial charge is 0.336 e. The van der Waals surface area contributed by atoms with Crippen LogP contribution in [-0.4, -0.2) is 11.1 Å². The SMILES string of the molecule is O=C(O)c1cccc2c1C1=C(CCCC1)C2. The van der Waals surface area contributed by atoms with Crippen molar-refractivity contribution < 1.29 is 9.90 Å². The van der Waals surface area contributed by atoms with Gasteiger partial charge in [0, 0.05) is 0 Å². The van der Waals surface area contributed by atoms with Crippen molar-refractivity contribution in [2.24, 2.45) is 0 Å². The second-order valence-corrected chi connectivity index (χ2v) is 4.61. The Morgan fingerprint density at radius 3 is 2.81 bits per heavy atom. The third kappa shape index (κ3) is 1.29. The van der Waals surface area contributed by atoms with Crippen molar-refractivity contribution in [2.75, 3.05) is 0 Å². The van der Waals surface area contributed by atoms with Crippen LogP contribution in [0.4, 0.5) is 0 Å². The molecule has 1 aromatic rings. The molecular weight excluding hydrogens is 200 g/mol. The van der Waals surface area contributed by atoms with Gasteiger partial charge in [-0.25, -0.2) is 4.79 Å². The molecule has 3 rings (SSSR count). The molecule has 16 heavy (non-hydrogen) atoms. The van der Waals surface area contributed by atoms with E-state index in [-0.39, 0.29) is 0 Å². The van der Waals surface area contributed by atoms with E-state index in [0.717, 1.165) is 24.8 Å². The molecule has 0 saturated heterocycles. The number of carboxylic acids is 1. The predicted molar refractivity (Wildman–Crippen MR) is 62.5 cm³/mol. The molecule has 0 saturated carbocycles. The van der Waals surface area contributed by atoms with Crippen LogP contribution in [0.3, 0.4) is 0 Å². The first-order valence-electron chi connectivity index (χ1n) is 5.84. The number of hydrogen-bond acceptors (Lipinski definition) is 1. The molecule has 0 aliphatic heterocycles.